The molecule has 164 valence electrons. The van der Waals surface area contributed by atoms with Crippen LogP contribution in [0.25, 0.3) is 0 Å². The van der Waals surface area contributed by atoms with Gasteiger partial charge in [0, 0.05) is 42.7 Å². The number of sulfone groups is 1. The number of benzene rings is 2. The van der Waals surface area contributed by atoms with Crippen LogP contribution in [0.5, 0.6) is 0 Å². The Hall–Kier alpha value is -2.52. The van der Waals surface area contributed by atoms with Gasteiger partial charge in [0.05, 0.1) is 22.1 Å². The van der Waals surface area contributed by atoms with Crippen molar-refractivity contribution in [1.82, 2.24) is 4.90 Å². The van der Waals surface area contributed by atoms with Crippen LogP contribution in [-0.2, 0) is 19.4 Å². The van der Waals surface area contributed by atoms with E-state index in [9.17, 15) is 18.0 Å². The first-order valence-electron chi connectivity index (χ1n) is 10.2. The van der Waals surface area contributed by atoms with Gasteiger partial charge in [-0.25, -0.2) is 8.42 Å². The first-order valence-corrected chi connectivity index (χ1v) is 12.9. The van der Waals surface area contributed by atoms with Crippen LogP contribution in [0.15, 0.2) is 58.3 Å². The lowest BCUT2D eigenvalue weighted by Gasteiger charge is -2.37. The second-order valence-electron chi connectivity index (χ2n) is 7.83. The molecule has 0 radical (unpaired) electrons. The number of carbonyl (C=O) groups excluding carboxylic acids is 2. The zero-order valence-electron chi connectivity index (χ0n) is 17.3. The van der Waals surface area contributed by atoms with Crippen LogP contribution in [0, 0.1) is 5.92 Å². The summed E-state index contributed by atoms with van der Waals surface area (Å²) in [4.78, 5) is 29.5. The Balaban J connectivity index is 1.38. The zero-order chi connectivity index (χ0) is 22.0. The number of amides is 2. The highest BCUT2D eigenvalue weighted by atomic mass is 32.2. The molecule has 2 amide bonds. The number of anilines is 2. The largest absolute Gasteiger partial charge is 0.368 e. The standard InChI is InChI=1S/C22H25N3O4S2/c1-16(22(27)25-11-9-24(10-12-25)17-5-3-2-4-6-17)15-31(28,29)18-7-8-20-19(13-18)23-21(26)14-30-20/h2-8,13,16H,9-12,14-15H2,1H3,(H,23,26)/t16-/m0/s1. The Bertz CT molecular complexity index is 1080. The smallest absolute Gasteiger partial charge is 0.234 e. The van der Waals surface area contributed by atoms with E-state index in [1.54, 1.807) is 24.0 Å². The van der Waals surface area contributed by atoms with E-state index in [0.717, 1.165) is 23.7 Å². The molecule has 1 N–H and O–H groups in total. The minimum absolute atomic E-state index is 0.127. The van der Waals surface area contributed by atoms with Gasteiger partial charge in [-0.2, -0.15) is 0 Å². The number of hydrogen-bond acceptors (Lipinski definition) is 6. The molecule has 0 aromatic heterocycles. The Kier molecular flexibility index (Phi) is 6.24. The maximum atomic E-state index is 12.9. The fourth-order valence-electron chi connectivity index (χ4n) is 3.89. The van der Waals surface area contributed by atoms with Gasteiger partial charge in [0.15, 0.2) is 9.84 Å². The third kappa shape index (κ3) is 4.88. The summed E-state index contributed by atoms with van der Waals surface area (Å²) >= 11 is 1.38. The highest BCUT2D eigenvalue weighted by Gasteiger charge is 2.29. The van der Waals surface area contributed by atoms with E-state index < -0.39 is 15.8 Å². The summed E-state index contributed by atoms with van der Waals surface area (Å²) in [7, 11) is -3.67. The first-order chi connectivity index (χ1) is 14.8. The number of thioether (sulfide) groups is 1. The average molecular weight is 460 g/mol. The molecule has 2 heterocycles. The molecule has 0 spiro atoms. The normalized spacial score (nSPS) is 17.6. The predicted molar refractivity (Wildman–Crippen MR) is 122 cm³/mol. The van der Waals surface area contributed by atoms with Crippen molar-refractivity contribution in [3.63, 3.8) is 0 Å². The summed E-state index contributed by atoms with van der Waals surface area (Å²) in [5.74, 6) is -0.871. The molecule has 0 aliphatic carbocycles. The van der Waals surface area contributed by atoms with Crippen molar-refractivity contribution in [3.05, 3.63) is 48.5 Å². The molecule has 9 heteroatoms. The molecule has 1 atom stereocenters. The number of nitrogens with zero attached hydrogens (tertiary/aromatic N) is 2. The second kappa shape index (κ2) is 8.92. The third-order valence-electron chi connectivity index (χ3n) is 5.55. The number of nitrogens with one attached hydrogen (secondary N) is 1. The molecule has 2 aromatic carbocycles. The summed E-state index contributed by atoms with van der Waals surface area (Å²) in [5.41, 5.74) is 1.64. The van der Waals surface area contributed by atoms with Crippen molar-refractivity contribution in [3.8, 4) is 0 Å². The first kappa shape index (κ1) is 21.7. The highest BCUT2D eigenvalue weighted by Crippen LogP contribution is 2.33. The molecule has 2 aromatic rings. The number of rotatable bonds is 5. The Morgan fingerprint density at radius 1 is 1.10 bits per heavy atom. The van der Waals surface area contributed by atoms with Crippen molar-refractivity contribution in [2.24, 2.45) is 5.92 Å². The van der Waals surface area contributed by atoms with E-state index in [2.05, 4.69) is 10.2 Å². The van der Waals surface area contributed by atoms with Gasteiger partial charge >= 0.3 is 0 Å². The van der Waals surface area contributed by atoms with E-state index in [0.29, 0.717) is 24.5 Å². The van der Waals surface area contributed by atoms with E-state index in [1.807, 2.05) is 30.3 Å². The molecule has 7 nitrogen and oxygen atoms in total. The Labute approximate surface area is 186 Å². The second-order valence-corrected chi connectivity index (χ2v) is 10.9. The van der Waals surface area contributed by atoms with Crippen LogP contribution in [0.2, 0.25) is 0 Å². The van der Waals surface area contributed by atoms with E-state index >= 15 is 0 Å². The lowest BCUT2D eigenvalue weighted by atomic mass is 10.1. The predicted octanol–water partition coefficient (Wildman–Crippen LogP) is 2.49. The molecule has 4 rings (SSSR count). The topological polar surface area (TPSA) is 86.8 Å². The number of hydrogen-bond donors (Lipinski definition) is 1. The lowest BCUT2D eigenvalue weighted by molar-refractivity contribution is -0.134. The fourth-order valence-corrected chi connectivity index (χ4v) is 6.24. The minimum atomic E-state index is -3.67. The van der Waals surface area contributed by atoms with Crippen molar-refractivity contribution in [2.45, 2.75) is 16.7 Å². The zero-order valence-corrected chi connectivity index (χ0v) is 18.9. The van der Waals surface area contributed by atoms with Crippen LogP contribution in [-0.4, -0.2) is 62.8 Å². The van der Waals surface area contributed by atoms with Gasteiger partial charge in [0.25, 0.3) is 0 Å². The van der Waals surface area contributed by atoms with Gasteiger partial charge in [-0.05, 0) is 30.3 Å². The van der Waals surface area contributed by atoms with Gasteiger partial charge < -0.3 is 15.1 Å². The molecular formula is C22H25N3O4S2. The quantitative estimate of drug-likeness (QED) is 0.739. The summed E-state index contributed by atoms with van der Waals surface area (Å²) < 4.78 is 25.9. The summed E-state index contributed by atoms with van der Waals surface area (Å²) in [5, 5.41) is 2.71. The van der Waals surface area contributed by atoms with Crippen LogP contribution < -0.4 is 10.2 Å². The Morgan fingerprint density at radius 3 is 2.52 bits per heavy atom. The number of carbonyl (C=O) groups is 2. The van der Waals surface area contributed by atoms with Crippen molar-refractivity contribution < 1.29 is 18.0 Å². The maximum Gasteiger partial charge on any atom is 0.234 e. The van der Waals surface area contributed by atoms with E-state index in [4.69, 9.17) is 0 Å². The monoisotopic (exact) mass is 459 g/mol. The number of piperazine rings is 1. The van der Waals surface area contributed by atoms with Gasteiger partial charge in [0.2, 0.25) is 11.8 Å². The van der Waals surface area contributed by atoms with Crippen LogP contribution >= 0.6 is 11.8 Å². The molecule has 0 bridgehead atoms. The summed E-state index contributed by atoms with van der Waals surface area (Å²) in [6.07, 6.45) is 0. The lowest BCUT2D eigenvalue weighted by Crippen LogP contribution is -2.50. The van der Waals surface area contributed by atoms with Crippen LogP contribution in [0.1, 0.15) is 6.92 Å². The molecule has 31 heavy (non-hydrogen) atoms. The number of para-hydroxylation sites is 1. The van der Waals surface area contributed by atoms with Gasteiger partial charge in [-0.3, -0.25) is 9.59 Å². The fraction of sp³-hybridized carbons (Fsp3) is 0.364. The van der Waals surface area contributed by atoms with Gasteiger partial charge in [0.1, 0.15) is 0 Å². The molecule has 1 saturated heterocycles. The molecule has 2 aliphatic heterocycles. The van der Waals surface area contributed by atoms with Crippen molar-refractivity contribution in [1.29, 1.82) is 0 Å². The van der Waals surface area contributed by atoms with Crippen molar-refractivity contribution >= 4 is 44.8 Å². The maximum absolute atomic E-state index is 12.9. The molecule has 0 saturated carbocycles. The average Bonchev–Trinajstić information content (AvgIpc) is 2.78. The van der Waals surface area contributed by atoms with Crippen molar-refractivity contribution in [2.75, 3.05) is 47.9 Å². The van der Waals surface area contributed by atoms with Gasteiger partial charge in [-0.1, -0.05) is 25.1 Å². The molecule has 2 aliphatic rings. The summed E-state index contributed by atoms with van der Waals surface area (Å²) in [6, 6.07) is 14.8. The third-order valence-corrected chi connectivity index (χ3v) is 8.53. The molecule has 0 unspecified atom stereocenters. The molecular weight excluding hydrogens is 434 g/mol. The van der Waals surface area contributed by atoms with E-state index in [-0.39, 0.29) is 22.5 Å². The SMILES string of the molecule is C[C@@H](CS(=O)(=O)c1ccc2c(c1)NC(=O)CS2)C(=O)N1CCN(c2ccccc2)CC1. The minimum Gasteiger partial charge on any atom is -0.368 e. The van der Waals surface area contributed by atoms with Gasteiger partial charge in [-0.15, -0.1) is 11.8 Å². The van der Waals surface area contributed by atoms with Crippen LogP contribution in [0.4, 0.5) is 11.4 Å². The number of fused-ring (bicyclic) bond motifs is 1. The van der Waals surface area contributed by atoms with Crippen LogP contribution in [0.3, 0.4) is 0 Å². The molecule has 1 fully saturated rings. The summed E-state index contributed by atoms with van der Waals surface area (Å²) in [6.45, 7) is 4.24. The Morgan fingerprint density at radius 2 is 1.81 bits per heavy atom. The van der Waals surface area contributed by atoms with E-state index in [1.165, 1.54) is 17.8 Å². The highest BCUT2D eigenvalue weighted by molar-refractivity contribution is 8.00.